The van der Waals surface area contributed by atoms with Crippen LogP contribution in [0.15, 0.2) is 52.3 Å². The molecule has 5 nitrogen and oxygen atoms in total. The van der Waals surface area contributed by atoms with Crippen LogP contribution in [0.1, 0.15) is 29.9 Å². The van der Waals surface area contributed by atoms with Crippen molar-refractivity contribution >= 4 is 33.5 Å². The van der Waals surface area contributed by atoms with Gasteiger partial charge in [-0.05, 0) is 37.1 Å². The standard InChI is InChI=1S/C21H22N4OS/c1-13-14(2)27-19-18(13)20(26)25(12-22-19)23-11-10-17-21(3,4)15-8-6-7-9-16(15)24(17)5/h6-12H,1-5H3/b17-10+,23-11+. The van der Waals surface area contributed by atoms with Crippen LogP contribution >= 0.6 is 11.3 Å². The molecule has 0 spiro atoms. The fourth-order valence-electron chi connectivity index (χ4n) is 3.79. The minimum atomic E-state index is -0.126. The molecular weight excluding hydrogens is 356 g/mol. The third-order valence-electron chi connectivity index (χ3n) is 5.44. The van der Waals surface area contributed by atoms with Crippen molar-refractivity contribution in [3.8, 4) is 0 Å². The molecule has 0 unspecified atom stereocenters. The van der Waals surface area contributed by atoms with Gasteiger partial charge < -0.3 is 4.90 Å². The Hall–Kier alpha value is -2.73. The first-order valence-electron chi connectivity index (χ1n) is 8.88. The molecule has 0 atom stereocenters. The Bertz CT molecular complexity index is 1170. The van der Waals surface area contributed by atoms with E-state index in [1.54, 1.807) is 17.6 Å². The highest BCUT2D eigenvalue weighted by atomic mass is 32.1. The molecule has 1 aliphatic rings. The molecule has 3 aromatic rings. The Morgan fingerprint density at radius 2 is 1.96 bits per heavy atom. The van der Waals surface area contributed by atoms with Gasteiger partial charge in [-0.25, -0.2) is 4.98 Å². The Kier molecular flexibility index (Phi) is 4.03. The fraction of sp³-hybridized carbons (Fsp3) is 0.286. The van der Waals surface area contributed by atoms with Crippen LogP contribution in [0, 0.1) is 13.8 Å². The molecule has 4 rings (SSSR count). The van der Waals surface area contributed by atoms with E-state index in [2.05, 4.69) is 54.1 Å². The number of allylic oxidation sites excluding steroid dienone is 2. The van der Waals surface area contributed by atoms with Gasteiger partial charge in [0, 0.05) is 34.9 Å². The third kappa shape index (κ3) is 2.63. The average molecular weight is 379 g/mol. The summed E-state index contributed by atoms with van der Waals surface area (Å²) >= 11 is 1.54. The number of rotatable bonds is 2. The molecule has 0 saturated heterocycles. The topological polar surface area (TPSA) is 50.5 Å². The van der Waals surface area contributed by atoms with Crippen LogP contribution in [-0.2, 0) is 5.41 Å². The van der Waals surface area contributed by atoms with E-state index in [-0.39, 0.29) is 11.0 Å². The number of para-hydroxylation sites is 1. The lowest BCUT2D eigenvalue weighted by molar-refractivity contribution is 0.641. The average Bonchev–Trinajstić information content (AvgIpc) is 3.03. The van der Waals surface area contributed by atoms with Crippen LogP contribution in [0.4, 0.5) is 5.69 Å². The number of aryl methyl sites for hydroxylation is 2. The second-order valence-electron chi connectivity index (χ2n) is 7.38. The third-order valence-corrected chi connectivity index (χ3v) is 6.55. The minimum absolute atomic E-state index is 0.119. The second-order valence-corrected chi connectivity index (χ2v) is 8.58. The maximum absolute atomic E-state index is 12.7. The number of aromatic nitrogens is 2. The number of benzene rings is 1. The molecule has 2 aromatic heterocycles. The SMILES string of the molecule is Cc1sc2ncn(/N=C/C=C3/N(C)c4ccccc4C3(C)C)c(=O)c2c1C. The Morgan fingerprint density at radius 1 is 1.22 bits per heavy atom. The van der Waals surface area contributed by atoms with E-state index < -0.39 is 0 Å². The van der Waals surface area contributed by atoms with Crippen molar-refractivity contribution in [2.24, 2.45) is 5.10 Å². The van der Waals surface area contributed by atoms with Crippen LogP contribution in [0.3, 0.4) is 0 Å². The summed E-state index contributed by atoms with van der Waals surface area (Å²) in [6.45, 7) is 8.37. The number of thiophene rings is 1. The van der Waals surface area contributed by atoms with Gasteiger partial charge in [0.15, 0.2) is 0 Å². The molecule has 1 aliphatic heterocycles. The summed E-state index contributed by atoms with van der Waals surface area (Å²) in [5, 5.41) is 5.01. The lowest BCUT2D eigenvalue weighted by Gasteiger charge is -2.23. The van der Waals surface area contributed by atoms with Crippen LogP contribution in [-0.4, -0.2) is 22.9 Å². The van der Waals surface area contributed by atoms with E-state index in [0.29, 0.717) is 5.39 Å². The summed E-state index contributed by atoms with van der Waals surface area (Å²) in [6.07, 6.45) is 5.15. The summed E-state index contributed by atoms with van der Waals surface area (Å²) in [7, 11) is 2.06. The van der Waals surface area contributed by atoms with Crippen molar-refractivity contribution in [3.05, 3.63) is 68.7 Å². The normalized spacial score (nSPS) is 17.4. The lowest BCUT2D eigenvalue weighted by atomic mass is 9.84. The van der Waals surface area contributed by atoms with Gasteiger partial charge in [-0.2, -0.15) is 9.78 Å². The van der Waals surface area contributed by atoms with Crippen LogP contribution < -0.4 is 10.5 Å². The molecule has 0 fully saturated rings. The van der Waals surface area contributed by atoms with Crippen molar-refractivity contribution in [2.75, 3.05) is 11.9 Å². The van der Waals surface area contributed by atoms with E-state index in [0.717, 1.165) is 21.0 Å². The Morgan fingerprint density at radius 3 is 2.70 bits per heavy atom. The maximum atomic E-state index is 12.7. The lowest BCUT2D eigenvalue weighted by Crippen LogP contribution is -2.23. The number of anilines is 1. The van der Waals surface area contributed by atoms with Gasteiger partial charge >= 0.3 is 0 Å². The molecule has 0 amide bonds. The highest BCUT2D eigenvalue weighted by Gasteiger charge is 2.37. The zero-order valence-corrected chi connectivity index (χ0v) is 17.0. The smallest absolute Gasteiger partial charge is 0.282 e. The van der Waals surface area contributed by atoms with Gasteiger partial charge in [-0.15, -0.1) is 11.3 Å². The first kappa shape index (κ1) is 17.7. The highest BCUT2D eigenvalue weighted by Crippen LogP contribution is 2.46. The van der Waals surface area contributed by atoms with E-state index in [9.17, 15) is 4.79 Å². The molecule has 138 valence electrons. The molecular formula is C21H22N4OS. The van der Waals surface area contributed by atoms with Crippen molar-refractivity contribution in [2.45, 2.75) is 33.1 Å². The van der Waals surface area contributed by atoms with Gasteiger partial charge in [-0.1, -0.05) is 32.0 Å². The van der Waals surface area contributed by atoms with E-state index in [4.69, 9.17) is 0 Å². The largest absolute Gasteiger partial charge is 0.347 e. The summed E-state index contributed by atoms with van der Waals surface area (Å²) < 4.78 is 1.31. The highest BCUT2D eigenvalue weighted by molar-refractivity contribution is 7.18. The second kappa shape index (κ2) is 6.16. The van der Waals surface area contributed by atoms with Crippen molar-refractivity contribution in [1.29, 1.82) is 0 Å². The minimum Gasteiger partial charge on any atom is -0.347 e. The quantitative estimate of drug-likeness (QED) is 0.628. The van der Waals surface area contributed by atoms with Gasteiger partial charge in [0.05, 0.1) is 5.39 Å². The fourth-order valence-corrected chi connectivity index (χ4v) is 4.77. The van der Waals surface area contributed by atoms with E-state index in [1.807, 2.05) is 26.0 Å². The van der Waals surface area contributed by atoms with Crippen molar-refractivity contribution in [3.63, 3.8) is 0 Å². The first-order valence-corrected chi connectivity index (χ1v) is 9.69. The van der Waals surface area contributed by atoms with Gasteiger partial charge in [-0.3, -0.25) is 4.79 Å². The predicted octanol–water partition coefficient (Wildman–Crippen LogP) is 4.22. The number of hydrogen-bond donors (Lipinski definition) is 0. The molecule has 0 radical (unpaired) electrons. The zero-order chi connectivity index (χ0) is 19.3. The van der Waals surface area contributed by atoms with Crippen LogP contribution in [0.2, 0.25) is 0 Å². The van der Waals surface area contributed by atoms with Crippen LogP contribution in [0.5, 0.6) is 0 Å². The molecule has 0 saturated carbocycles. The van der Waals surface area contributed by atoms with Gasteiger partial charge in [0.2, 0.25) is 0 Å². The summed E-state index contributed by atoms with van der Waals surface area (Å²) in [6, 6.07) is 8.40. The molecule has 27 heavy (non-hydrogen) atoms. The van der Waals surface area contributed by atoms with Crippen molar-refractivity contribution < 1.29 is 0 Å². The molecule has 1 aromatic carbocycles. The Balaban J connectivity index is 1.73. The molecule has 3 heterocycles. The van der Waals surface area contributed by atoms with E-state index in [1.165, 1.54) is 22.3 Å². The number of nitrogens with zero attached hydrogens (tertiary/aromatic N) is 4. The molecule has 0 aliphatic carbocycles. The summed E-state index contributed by atoms with van der Waals surface area (Å²) in [5.74, 6) is 0. The first-order chi connectivity index (χ1) is 12.8. The summed E-state index contributed by atoms with van der Waals surface area (Å²) in [4.78, 5) is 21.2. The molecule has 0 bridgehead atoms. The van der Waals surface area contributed by atoms with Gasteiger partial charge in [0.1, 0.15) is 11.2 Å². The molecule has 6 heteroatoms. The van der Waals surface area contributed by atoms with E-state index >= 15 is 0 Å². The predicted molar refractivity (Wildman–Crippen MR) is 113 cm³/mol. The number of hydrogen-bond acceptors (Lipinski definition) is 5. The van der Waals surface area contributed by atoms with Crippen molar-refractivity contribution in [1.82, 2.24) is 9.66 Å². The van der Waals surface area contributed by atoms with Gasteiger partial charge in [0.25, 0.3) is 5.56 Å². The monoisotopic (exact) mass is 378 g/mol. The Labute approximate surface area is 162 Å². The number of fused-ring (bicyclic) bond motifs is 2. The maximum Gasteiger partial charge on any atom is 0.282 e. The zero-order valence-electron chi connectivity index (χ0n) is 16.1. The molecule has 0 N–H and O–H groups in total. The van der Waals surface area contributed by atoms with Crippen LogP contribution in [0.25, 0.3) is 10.2 Å². The summed E-state index contributed by atoms with van der Waals surface area (Å²) in [5.41, 5.74) is 4.37. The number of likely N-dealkylation sites (N-methyl/N-ethyl adjacent to an activating group) is 1.